The quantitative estimate of drug-likeness (QED) is 0.440. The van der Waals surface area contributed by atoms with E-state index in [1.54, 1.807) is 11.8 Å². The van der Waals surface area contributed by atoms with Crippen LogP contribution in [0.25, 0.3) is 0 Å². The van der Waals surface area contributed by atoms with Gasteiger partial charge in [0, 0.05) is 12.9 Å². The van der Waals surface area contributed by atoms with Crippen molar-refractivity contribution in [3.63, 3.8) is 0 Å². The van der Waals surface area contributed by atoms with E-state index in [4.69, 9.17) is 9.47 Å². The number of ether oxygens (including phenoxy) is 2. The van der Waals surface area contributed by atoms with Crippen molar-refractivity contribution in [2.45, 2.75) is 30.7 Å². The molecule has 1 saturated heterocycles. The lowest BCUT2D eigenvalue weighted by molar-refractivity contribution is -0.284. The third-order valence-corrected chi connectivity index (χ3v) is 8.65. The number of methoxy groups -OCH3 is 1. The van der Waals surface area contributed by atoms with Crippen LogP contribution in [-0.4, -0.2) is 70.8 Å². The fraction of sp³-hybridized carbons (Fsp3) is 0.429. The average Bonchev–Trinajstić information content (AvgIpc) is 2.75. The number of aliphatic hydroxyl groups excluding tert-OH is 3. The highest BCUT2D eigenvalue weighted by Gasteiger charge is 2.43. The minimum atomic E-state index is -1.27. The Hall–Kier alpha value is -0.980. The van der Waals surface area contributed by atoms with Gasteiger partial charge in [-0.25, -0.2) is 0 Å². The summed E-state index contributed by atoms with van der Waals surface area (Å²) in [5.74, 6) is 1.43. The van der Waals surface area contributed by atoms with E-state index >= 15 is 0 Å². The summed E-state index contributed by atoms with van der Waals surface area (Å²) in [4.78, 5) is 0. The maximum Gasteiger partial charge on any atom is 0.186 e. The first kappa shape index (κ1) is 21.7. The van der Waals surface area contributed by atoms with E-state index in [1.807, 2.05) is 12.1 Å². The van der Waals surface area contributed by atoms with Gasteiger partial charge >= 0.3 is 0 Å². The minimum Gasteiger partial charge on any atom is -0.388 e. The molecule has 0 amide bonds. The maximum absolute atomic E-state index is 10.2. The van der Waals surface area contributed by atoms with Crippen molar-refractivity contribution >= 4 is 30.3 Å². The fourth-order valence-corrected chi connectivity index (χ4v) is 7.03. The molecule has 0 aliphatic carbocycles. The third kappa shape index (κ3) is 5.33. The average molecular weight is 422 g/mol. The normalized spacial score (nSPS) is 27.8. The Kier molecular flexibility index (Phi) is 8.30. The summed E-state index contributed by atoms with van der Waals surface area (Å²) in [6.45, 7) is 0. The topological polar surface area (TPSA) is 79.2 Å². The number of thioether (sulfide) groups is 1. The summed E-state index contributed by atoms with van der Waals surface area (Å²) in [5, 5.41) is 32.7. The number of rotatable bonds is 8. The molecule has 3 N–H and O–H groups in total. The molecule has 152 valence electrons. The zero-order valence-corrected chi connectivity index (χ0v) is 17.5. The molecule has 1 aliphatic rings. The highest BCUT2D eigenvalue weighted by atomic mass is 32.2. The van der Waals surface area contributed by atoms with Gasteiger partial charge < -0.3 is 24.8 Å². The molecule has 0 spiro atoms. The lowest BCUT2D eigenvalue weighted by Gasteiger charge is -2.39. The van der Waals surface area contributed by atoms with Gasteiger partial charge in [0.15, 0.2) is 6.29 Å². The van der Waals surface area contributed by atoms with Crippen LogP contribution in [0.3, 0.4) is 0 Å². The van der Waals surface area contributed by atoms with E-state index in [-0.39, 0.29) is 0 Å². The fourth-order valence-electron chi connectivity index (χ4n) is 3.23. The lowest BCUT2D eigenvalue weighted by Crippen LogP contribution is -2.58. The van der Waals surface area contributed by atoms with Crippen LogP contribution in [0, 0.1) is 0 Å². The second-order valence-corrected chi connectivity index (χ2v) is 10.1. The van der Waals surface area contributed by atoms with E-state index in [1.165, 1.54) is 17.7 Å². The molecule has 0 saturated carbocycles. The van der Waals surface area contributed by atoms with Gasteiger partial charge in [-0.3, -0.25) is 0 Å². The van der Waals surface area contributed by atoms with Crippen LogP contribution in [-0.2, 0) is 9.47 Å². The molecule has 7 heteroatoms. The van der Waals surface area contributed by atoms with Gasteiger partial charge in [-0.2, -0.15) is 11.8 Å². The summed E-state index contributed by atoms with van der Waals surface area (Å²) >= 11 is 1.68. The second-order valence-electron chi connectivity index (χ2n) is 6.65. The van der Waals surface area contributed by atoms with Crippen LogP contribution < -0.4 is 10.6 Å². The monoisotopic (exact) mass is 422 g/mol. The molecule has 5 atom stereocenters. The Labute approximate surface area is 171 Å². The number of aliphatic hydroxyl groups is 3. The molecular formula is C21H27O5PS. The summed E-state index contributed by atoms with van der Waals surface area (Å²) in [7, 11) is 0.955. The Morgan fingerprint density at radius 1 is 0.893 bits per heavy atom. The molecule has 0 aromatic heterocycles. The molecule has 1 heterocycles. The molecule has 3 rings (SSSR count). The van der Waals surface area contributed by atoms with E-state index in [9.17, 15) is 15.3 Å². The molecule has 0 radical (unpaired) electrons. The smallest absolute Gasteiger partial charge is 0.186 e. The van der Waals surface area contributed by atoms with Crippen LogP contribution >= 0.6 is 19.7 Å². The zero-order valence-electron chi connectivity index (χ0n) is 15.8. The first-order valence-electron chi connectivity index (χ1n) is 9.29. The van der Waals surface area contributed by atoms with Crippen molar-refractivity contribution < 1.29 is 24.8 Å². The number of hydrogen-bond donors (Lipinski definition) is 3. The Bertz CT molecular complexity index is 663. The summed E-state index contributed by atoms with van der Waals surface area (Å²) in [6, 6.07) is 21.1. The van der Waals surface area contributed by atoms with Crippen LogP contribution in [0.15, 0.2) is 60.7 Å². The van der Waals surface area contributed by atoms with Crippen LogP contribution in [0.4, 0.5) is 0 Å². The predicted octanol–water partition coefficient (Wildman–Crippen LogP) is 1.31. The Balaban J connectivity index is 1.57. The van der Waals surface area contributed by atoms with Crippen molar-refractivity contribution in [3.8, 4) is 0 Å². The van der Waals surface area contributed by atoms with Gasteiger partial charge in [0.1, 0.15) is 18.3 Å². The zero-order chi connectivity index (χ0) is 19.9. The Morgan fingerprint density at radius 2 is 1.46 bits per heavy atom. The van der Waals surface area contributed by atoms with Crippen molar-refractivity contribution in [2.24, 2.45) is 0 Å². The molecule has 0 unspecified atom stereocenters. The van der Waals surface area contributed by atoms with Crippen LogP contribution in [0.1, 0.15) is 0 Å². The van der Waals surface area contributed by atoms with Gasteiger partial charge in [-0.05, 0) is 30.4 Å². The summed E-state index contributed by atoms with van der Waals surface area (Å²) in [6.07, 6.45) is -4.13. The summed E-state index contributed by atoms with van der Waals surface area (Å²) in [5.41, 5.74) is 0. The molecule has 5 nitrogen and oxygen atoms in total. The van der Waals surface area contributed by atoms with Gasteiger partial charge in [-0.1, -0.05) is 60.7 Å². The molecule has 0 bridgehead atoms. The van der Waals surface area contributed by atoms with E-state index in [2.05, 4.69) is 48.5 Å². The molecule has 1 fully saturated rings. The van der Waals surface area contributed by atoms with E-state index in [0.29, 0.717) is 5.75 Å². The van der Waals surface area contributed by atoms with E-state index in [0.717, 1.165) is 11.9 Å². The molecular weight excluding hydrogens is 395 g/mol. The number of hydrogen-bond acceptors (Lipinski definition) is 6. The summed E-state index contributed by atoms with van der Waals surface area (Å²) < 4.78 is 10.7. The molecule has 28 heavy (non-hydrogen) atoms. The largest absolute Gasteiger partial charge is 0.388 e. The number of benzene rings is 2. The molecule has 1 aliphatic heterocycles. The van der Waals surface area contributed by atoms with Gasteiger partial charge in [0.2, 0.25) is 0 Å². The molecule has 2 aromatic carbocycles. The van der Waals surface area contributed by atoms with Crippen molar-refractivity contribution in [1.29, 1.82) is 0 Å². The second kappa shape index (κ2) is 10.7. The lowest BCUT2D eigenvalue weighted by atomic mass is 10.00. The van der Waals surface area contributed by atoms with Crippen molar-refractivity contribution in [2.75, 3.05) is 24.8 Å². The third-order valence-electron chi connectivity index (χ3n) is 4.78. The van der Waals surface area contributed by atoms with E-state index < -0.39 is 38.6 Å². The first-order chi connectivity index (χ1) is 13.6. The van der Waals surface area contributed by atoms with Crippen molar-refractivity contribution in [1.82, 2.24) is 0 Å². The maximum atomic E-state index is 10.2. The highest BCUT2D eigenvalue weighted by Crippen LogP contribution is 2.34. The van der Waals surface area contributed by atoms with Gasteiger partial charge in [-0.15, -0.1) is 0 Å². The SMILES string of the molecule is CO[C@H]1O[C@H](CSCCP(c2ccccc2)c2ccccc2)[C@@H](O)[C@H](O)[C@H]1O. The van der Waals surface area contributed by atoms with Crippen LogP contribution in [0.5, 0.6) is 0 Å². The molecule has 2 aromatic rings. The van der Waals surface area contributed by atoms with Crippen molar-refractivity contribution in [3.05, 3.63) is 60.7 Å². The highest BCUT2D eigenvalue weighted by molar-refractivity contribution is 7.99. The standard InChI is InChI=1S/C21H27O5PS/c1-25-21-20(24)19(23)18(22)17(26-21)14-28-13-12-27(15-8-4-2-5-9-15)16-10-6-3-7-11-16/h2-11,17-24H,12-14H2,1H3/t17-,18-,19+,20-,21+/m1/s1. The van der Waals surface area contributed by atoms with Crippen LogP contribution in [0.2, 0.25) is 0 Å². The predicted molar refractivity (Wildman–Crippen MR) is 115 cm³/mol. The first-order valence-corrected chi connectivity index (χ1v) is 12.0. The minimum absolute atomic E-state index is 0.457. The van der Waals surface area contributed by atoms with Gasteiger partial charge in [0.05, 0.1) is 6.10 Å². The Morgan fingerprint density at radius 3 is 2.00 bits per heavy atom. The van der Waals surface area contributed by atoms with Gasteiger partial charge in [0.25, 0.3) is 0 Å².